The summed E-state index contributed by atoms with van der Waals surface area (Å²) in [5.74, 6) is 0. The fourth-order valence-corrected chi connectivity index (χ4v) is 3.20. The standard InChI is InChI=1S/C14H17N3S/c15-6-13-5-11-3-1-2-4-12(11)8-17(13)9-14-7-16-10-18-14/h1-4,7,10,13H,5-6,8-9,15H2. The van der Waals surface area contributed by atoms with Crippen LogP contribution in [-0.4, -0.2) is 22.5 Å². The van der Waals surface area contributed by atoms with E-state index in [0.29, 0.717) is 12.6 Å². The van der Waals surface area contributed by atoms with Crippen LogP contribution in [0.4, 0.5) is 0 Å². The van der Waals surface area contributed by atoms with E-state index in [2.05, 4.69) is 34.1 Å². The molecule has 1 aromatic carbocycles. The van der Waals surface area contributed by atoms with Gasteiger partial charge in [0.25, 0.3) is 0 Å². The Kier molecular flexibility index (Phi) is 3.41. The van der Waals surface area contributed by atoms with Crippen molar-refractivity contribution >= 4 is 11.3 Å². The Morgan fingerprint density at radius 3 is 2.89 bits per heavy atom. The normalized spacial score (nSPS) is 19.7. The van der Waals surface area contributed by atoms with Gasteiger partial charge in [-0.1, -0.05) is 24.3 Å². The third kappa shape index (κ3) is 2.32. The molecule has 1 aromatic heterocycles. The van der Waals surface area contributed by atoms with Crippen LogP contribution in [0.2, 0.25) is 0 Å². The summed E-state index contributed by atoms with van der Waals surface area (Å²) in [6, 6.07) is 9.13. The molecule has 2 N–H and O–H groups in total. The molecule has 1 unspecified atom stereocenters. The fraction of sp³-hybridized carbons (Fsp3) is 0.357. The van der Waals surface area contributed by atoms with Crippen LogP contribution < -0.4 is 5.73 Å². The summed E-state index contributed by atoms with van der Waals surface area (Å²) >= 11 is 1.72. The van der Waals surface area contributed by atoms with Gasteiger partial charge in [-0.2, -0.15) is 0 Å². The quantitative estimate of drug-likeness (QED) is 0.917. The van der Waals surface area contributed by atoms with Gasteiger partial charge in [-0.15, -0.1) is 11.3 Å². The lowest BCUT2D eigenvalue weighted by atomic mass is 9.94. The molecule has 3 nitrogen and oxygen atoms in total. The van der Waals surface area contributed by atoms with Gasteiger partial charge in [0.15, 0.2) is 0 Å². The lowest BCUT2D eigenvalue weighted by Crippen LogP contribution is -2.44. The zero-order valence-corrected chi connectivity index (χ0v) is 11.1. The van der Waals surface area contributed by atoms with Crippen LogP contribution in [0.25, 0.3) is 0 Å². The second kappa shape index (κ2) is 5.18. The van der Waals surface area contributed by atoms with E-state index >= 15 is 0 Å². The topological polar surface area (TPSA) is 42.1 Å². The Bertz CT molecular complexity index is 510. The zero-order valence-electron chi connectivity index (χ0n) is 10.2. The molecule has 3 rings (SSSR count). The van der Waals surface area contributed by atoms with E-state index < -0.39 is 0 Å². The predicted molar refractivity (Wildman–Crippen MR) is 74.3 cm³/mol. The molecule has 1 aliphatic heterocycles. The second-order valence-electron chi connectivity index (χ2n) is 4.74. The zero-order chi connectivity index (χ0) is 12.4. The largest absolute Gasteiger partial charge is 0.329 e. The average Bonchev–Trinajstić information content (AvgIpc) is 2.91. The Morgan fingerprint density at radius 1 is 1.33 bits per heavy atom. The first-order valence-electron chi connectivity index (χ1n) is 6.25. The minimum absolute atomic E-state index is 0.446. The number of fused-ring (bicyclic) bond motifs is 1. The smallest absolute Gasteiger partial charge is 0.0794 e. The number of hydrogen-bond donors (Lipinski definition) is 1. The predicted octanol–water partition coefficient (Wildman–Crippen LogP) is 2.03. The number of hydrogen-bond acceptors (Lipinski definition) is 4. The molecule has 2 heterocycles. The summed E-state index contributed by atoms with van der Waals surface area (Å²) < 4.78 is 0. The van der Waals surface area contributed by atoms with Crippen LogP contribution in [-0.2, 0) is 19.5 Å². The molecule has 0 amide bonds. The summed E-state index contributed by atoms with van der Waals surface area (Å²) in [6.45, 7) is 2.67. The van der Waals surface area contributed by atoms with Crippen molar-refractivity contribution in [3.05, 3.63) is 52.0 Å². The highest BCUT2D eigenvalue weighted by atomic mass is 32.1. The third-order valence-electron chi connectivity index (χ3n) is 3.58. The number of aromatic nitrogens is 1. The molecule has 0 aliphatic carbocycles. The molecular formula is C14H17N3S. The van der Waals surface area contributed by atoms with E-state index in [4.69, 9.17) is 5.73 Å². The van der Waals surface area contributed by atoms with Gasteiger partial charge in [0.05, 0.1) is 5.51 Å². The van der Waals surface area contributed by atoms with Crippen LogP contribution in [0.15, 0.2) is 36.0 Å². The highest BCUT2D eigenvalue weighted by Crippen LogP contribution is 2.25. The number of thiazole rings is 1. The van der Waals surface area contributed by atoms with Gasteiger partial charge in [0.1, 0.15) is 0 Å². The summed E-state index contributed by atoms with van der Waals surface area (Å²) in [5.41, 5.74) is 10.7. The van der Waals surface area contributed by atoms with E-state index in [0.717, 1.165) is 19.5 Å². The molecule has 0 fully saturated rings. The van der Waals surface area contributed by atoms with Crippen molar-refractivity contribution < 1.29 is 0 Å². The maximum absolute atomic E-state index is 5.93. The van der Waals surface area contributed by atoms with Crippen LogP contribution in [0.5, 0.6) is 0 Å². The van der Waals surface area contributed by atoms with E-state index in [1.54, 1.807) is 11.3 Å². The molecule has 0 saturated heterocycles. The Balaban J connectivity index is 1.82. The van der Waals surface area contributed by atoms with Gasteiger partial charge in [-0.05, 0) is 17.5 Å². The van der Waals surface area contributed by atoms with Gasteiger partial charge in [0, 0.05) is 36.8 Å². The number of rotatable bonds is 3. The van der Waals surface area contributed by atoms with E-state index in [1.165, 1.54) is 16.0 Å². The number of nitrogens with two attached hydrogens (primary N) is 1. The molecule has 2 aromatic rings. The van der Waals surface area contributed by atoms with Gasteiger partial charge < -0.3 is 5.73 Å². The Morgan fingerprint density at radius 2 is 2.17 bits per heavy atom. The van der Waals surface area contributed by atoms with E-state index in [1.807, 2.05) is 11.7 Å². The SMILES string of the molecule is NCC1Cc2ccccc2CN1Cc1cncs1. The van der Waals surface area contributed by atoms with Crippen molar-refractivity contribution in [2.45, 2.75) is 25.6 Å². The first-order valence-corrected chi connectivity index (χ1v) is 7.13. The van der Waals surface area contributed by atoms with Gasteiger partial charge in [-0.3, -0.25) is 9.88 Å². The molecule has 94 valence electrons. The van der Waals surface area contributed by atoms with Crippen molar-refractivity contribution in [1.29, 1.82) is 0 Å². The van der Waals surface area contributed by atoms with Gasteiger partial charge in [0.2, 0.25) is 0 Å². The summed E-state index contributed by atoms with van der Waals surface area (Å²) in [4.78, 5) is 7.92. The molecule has 0 bridgehead atoms. The Hall–Kier alpha value is -1.23. The average molecular weight is 259 g/mol. The van der Waals surface area contributed by atoms with Crippen LogP contribution in [0.3, 0.4) is 0 Å². The summed E-state index contributed by atoms with van der Waals surface area (Å²) in [7, 11) is 0. The molecule has 1 aliphatic rings. The monoisotopic (exact) mass is 259 g/mol. The van der Waals surface area contributed by atoms with Gasteiger partial charge >= 0.3 is 0 Å². The number of nitrogens with zero attached hydrogens (tertiary/aromatic N) is 2. The highest BCUT2D eigenvalue weighted by Gasteiger charge is 2.24. The van der Waals surface area contributed by atoms with Crippen molar-refractivity contribution in [2.24, 2.45) is 5.73 Å². The van der Waals surface area contributed by atoms with Crippen LogP contribution >= 0.6 is 11.3 Å². The fourth-order valence-electron chi connectivity index (χ4n) is 2.58. The first kappa shape index (κ1) is 11.8. The first-order chi connectivity index (χ1) is 8.86. The minimum Gasteiger partial charge on any atom is -0.329 e. The van der Waals surface area contributed by atoms with Crippen molar-refractivity contribution in [3.63, 3.8) is 0 Å². The molecule has 4 heteroatoms. The van der Waals surface area contributed by atoms with Crippen molar-refractivity contribution in [1.82, 2.24) is 9.88 Å². The van der Waals surface area contributed by atoms with Crippen LogP contribution in [0, 0.1) is 0 Å². The lowest BCUT2D eigenvalue weighted by Gasteiger charge is -2.36. The lowest BCUT2D eigenvalue weighted by molar-refractivity contribution is 0.168. The Labute approximate surface area is 111 Å². The molecule has 0 radical (unpaired) electrons. The van der Waals surface area contributed by atoms with Crippen molar-refractivity contribution in [2.75, 3.05) is 6.54 Å². The molecular weight excluding hydrogens is 242 g/mol. The minimum atomic E-state index is 0.446. The molecule has 18 heavy (non-hydrogen) atoms. The molecule has 0 spiro atoms. The highest BCUT2D eigenvalue weighted by molar-refractivity contribution is 7.09. The summed E-state index contributed by atoms with van der Waals surface area (Å²) in [6.07, 6.45) is 3.02. The maximum atomic E-state index is 5.93. The third-order valence-corrected chi connectivity index (χ3v) is 4.34. The maximum Gasteiger partial charge on any atom is 0.0794 e. The number of benzene rings is 1. The molecule has 0 saturated carbocycles. The van der Waals surface area contributed by atoms with E-state index in [9.17, 15) is 0 Å². The summed E-state index contributed by atoms with van der Waals surface area (Å²) in [5, 5.41) is 0. The second-order valence-corrected chi connectivity index (χ2v) is 5.71. The van der Waals surface area contributed by atoms with Crippen LogP contribution in [0.1, 0.15) is 16.0 Å². The van der Waals surface area contributed by atoms with Crippen molar-refractivity contribution in [3.8, 4) is 0 Å². The molecule has 1 atom stereocenters. The van der Waals surface area contributed by atoms with E-state index in [-0.39, 0.29) is 0 Å². The van der Waals surface area contributed by atoms with Gasteiger partial charge in [-0.25, -0.2) is 0 Å².